The number of hydrogen-bond acceptors (Lipinski definition) is 4. The van der Waals surface area contributed by atoms with Crippen LogP contribution in [0.1, 0.15) is 33.7 Å². The lowest BCUT2D eigenvalue weighted by atomic mass is 9.99. The number of thioether (sulfide) groups is 1. The predicted molar refractivity (Wildman–Crippen MR) is 118 cm³/mol. The first-order chi connectivity index (χ1) is 14.3. The molecule has 4 rings (SSSR count). The maximum Gasteiger partial charge on any atom is 0.325 e. The minimum absolute atomic E-state index is 0.216. The number of aryl methyl sites for hydroxylation is 2. The van der Waals surface area contributed by atoms with Gasteiger partial charge in [0.2, 0.25) is 0 Å². The third-order valence-electron chi connectivity index (χ3n) is 5.98. The van der Waals surface area contributed by atoms with Crippen LogP contribution < -0.4 is 5.32 Å². The molecule has 3 heterocycles. The molecule has 0 bridgehead atoms. The third-order valence-corrected chi connectivity index (χ3v) is 7.42. The summed E-state index contributed by atoms with van der Waals surface area (Å²) in [6.45, 7) is 4.38. The van der Waals surface area contributed by atoms with Crippen molar-refractivity contribution >= 4 is 41.1 Å². The fourth-order valence-electron chi connectivity index (χ4n) is 4.20. The van der Waals surface area contributed by atoms with E-state index >= 15 is 0 Å². The quantitative estimate of drug-likeness (QED) is 0.544. The number of ketones is 1. The smallest absolute Gasteiger partial charge is 0.325 e. The molecule has 8 heteroatoms. The average molecular weight is 446 g/mol. The van der Waals surface area contributed by atoms with Gasteiger partial charge in [-0.15, -0.1) is 0 Å². The van der Waals surface area contributed by atoms with Crippen molar-refractivity contribution in [3.05, 3.63) is 57.9 Å². The number of carbonyl (C=O) groups excluding carboxylic acids is 3. The molecule has 30 heavy (non-hydrogen) atoms. The summed E-state index contributed by atoms with van der Waals surface area (Å²) in [4.78, 5) is 39.2. The van der Waals surface area contributed by atoms with Gasteiger partial charge in [0.15, 0.2) is 5.78 Å². The molecule has 1 atom stereocenters. The molecule has 2 aliphatic heterocycles. The molecule has 0 radical (unpaired) electrons. The van der Waals surface area contributed by atoms with Crippen LogP contribution in [0.4, 0.5) is 4.79 Å². The zero-order valence-corrected chi connectivity index (χ0v) is 18.6. The Bertz CT molecular complexity index is 1010. The van der Waals surface area contributed by atoms with Crippen LogP contribution in [0, 0.1) is 13.8 Å². The number of benzene rings is 1. The number of urea groups is 1. The van der Waals surface area contributed by atoms with Crippen molar-refractivity contribution in [3.8, 4) is 0 Å². The summed E-state index contributed by atoms with van der Waals surface area (Å²) in [5, 5.41) is 3.52. The highest BCUT2D eigenvalue weighted by Gasteiger charge is 2.53. The molecule has 1 aromatic carbocycles. The topological polar surface area (TPSA) is 71.4 Å². The number of nitrogens with one attached hydrogen (secondary N) is 1. The Balaban J connectivity index is 1.47. The van der Waals surface area contributed by atoms with E-state index in [1.54, 1.807) is 11.8 Å². The maximum atomic E-state index is 13.0. The zero-order valence-electron chi connectivity index (χ0n) is 17.0. The summed E-state index contributed by atoms with van der Waals surface area (Å²) in [6, 6.07) is 9.12. The van der Waals surface area contributed by atoms with Crippen LogP contribution in [0.25, 0.3) is 0 Å². The third kappa shape index (κ3) is 3.76. The molecule has 0 saturated carbocycles. The fourth-order valence-corrected chi connectivity index (χ4v) is 5.65. The van der Waals surface area contributed by atoms with Gasteiger partial charge in [-0.05, 0) is 56.2 Å². The Morgan fingerprint density at radius 3 is 2.63 bits per heavy atom. The molecule has 2 aliphatic rings. The summed E-state index contributed by atoms with van der Waals surface area (Å²) >= 11 is 7.59. The highest BCUT2D eigenvalue weighted by molar-refractivity contribution is 7.99. The van der Waals surface area contributed by atoms with E-state index in [0.717, 1.165) is 35.0 Å². The van der Waals surface area contributed by atoms with Crippen LogP contribution in [-0.2, 0) is 17.8 Å². The number of Topliss-reactive ketones (excluding diaryl/α,β-unsaturated/α-hetero) is 1. The second kappa shape index (κ2) is 8.12. The zero-order chi connectivity index (χ0) is 21.5. The number of halogens is 1. The standard InChI is InChI=1S/C22H24ClN3O3S/c1-14-11-18(15(2)25(14)9-7-16-3-5-17(23)6-4-16)19(27)12-26-20(28)22(24-21(26)29)8-10-30-13-22/h3-6,11H,7-10,12-13H2,1-2H3,(H,24,29). The van der Waals surface area contributed by atoms with E-state index in [1.165, 1.54) is 5.56 Å². The van der Waals surface area contributed by atoms with E-state index in [-0.39, 0.29) is 18.2 Å². The van der Waals surface area contributed by atoms with E-state index in [2.05, 4.69) is 9.88 Å². The van der Waals surface area contributed by atoms with Crippen molar-refractivity contribution in [1.82, 2.24) is 14.8 Å². The molecule has 1 unspecified atom stereocenters. The van der Waals surface area contributed by atoms with Gasteiger partial charge in [-0.25, -0.2) is 4.79 Å². The van der Waals surface area contributed by atoms with Gasteiger partial charge in [0.1, 0.15) is 5.54 Å². The number of imide groups is 1. The molecule has 3 amide bonds. The Hall–Kier alpha value is -2.25. The van der Waals surface area contributed by atoms with Crippen LogP contribution >= 0.6 is 23.4 Å². The first kappa shape index (κ1) is 21.0. The van der Waals surface area contributed by atoms with E-state index in [9.17, 15) is 14.4 Å². The van der Waals surface area contributed by atoms with E-state index in [4.69, 9.17) is 11.6 Å². The Morgan fingerprint density at radius 2 is 1.97 bits per heavy atom. The molecule has 1 spiro atoms. The van der Waals surface area contributed by atoms with Crippen LogP contribution in [0.5, 0.6) is 0 Å². The highest BCUT2D eigenvalue weighted by Crippen LogP contribution is 2.33. The van der Waals surface area contributed by atoms with Crippen molar-refractivity contribution in [2.75, 3.05) is 18.1 Å². The summed E-state index contributed by atoms with van der Waals surface area (Å²) in [6.07, 6.45) is 1.43. The second-order valence-electron chi connectivity index (χ2n) is 7.94. The molecule has 2 aromatic rings. The molecule has 1 N–H and O–H groups in total. The van der Waals surface area contributed by atoms with Gasteiger partial charge >= 0.3 is 6.03 Å². The SMILES string of the molecule is Cc1cc(C(=O)CN2C(=O)NC3(CCSC3)C2=O)c(C)n1CCc1ccc(Cl)cc1. The fraction of sp³-hybridized carbons (Fsp3) is 0.409. The molecular formula is C22H24ClN3O3S. The van der Waals surface area contributed by atoms with Crippen LogP contribution in [0.2, 0.25) is 5.02 Å². The normalized spacial score (nSPS) is 21.0. The van der Waals surface area contributed by atoms with Gasteiger partial charge in [-0.3, -0.25) is 14.5 Å². The summed E-state index contributed by atoms with van der Waals surface area (Å²) in [5.74, 6) is 0.916. The van der Waals surface area contributed by atoms with Crippen molar-refractivity contribution < 1.29 is 14.4 Å². The number of nitrogens with zero attached hydrogens (tertiary/aromatic N) is 2. The Kier molecular flexibility index (Phi) is 5.68. The van der Waals surface area contributed by atoms with Crippen LogP contribution in [0.15, 0.2) is 30.3 Å². The lowest BCUT2D eigenvalue weighted by molar-refractivity contribution is -0.130. The van der Waals surface area contributed by atoms with E-state index < -0.39 is 11.6 Å². The second-order valence-corrected chi connectivity index (χ2v) is 9.48. The van der Waals surface area contributed by atoms with Crippen molar-refractivity contribution in [2.24, 2.45) is 0 Å². The van der Waals surface area contributed by atoms with Gasteiger partial charge in [0, 0.05) is 34.3 Å². The maximum absolute atomic E-state index is 13.0. The number of rotatable bonds is 6. The van der Waals surface area contributed by atoms with Crippen LogP contribution in [-0.4, -0.2) is 50.8 Å². The van der Waals surface area contributed by atoms with Crippen molar-refractivity contribution in [2.45, 2.75) is 38.8 Å². The molecule has 6 nitrogen and oxygen atoms in total. The van der Waals surface area contributed by atoms with E-state index in [0.29, 0.717) is 22.8 Å². The number of amides is 3. The number of aromatic nitrogens is 1. The van der Waals surface area contributed by atoms with Gasteiger partial charge in [-0.2, -0.15) is 11.8 Å². The summed E-state index contributed by atoms with van der Waals surface area (Å²) < 4.78 is 2.10. The number of hydrogen-bond donors (Lipinski definition) is 1. The van der Waals surface area contributed by atoms with Crippen LogP contribution in [0.3, 0.4) is 0 Å². The minimum atomic E-state index is -0.822. The molecule has 1 aromatic heterocycles. The molecular weight excluding hydrogens is 422 g/mol. The minimum Gasteiger partial charge on any atom is -0.348 e. The number of carbonyl (C=O) groups is 3. The highest BCUT2D eigenvalue weighted by atomic mass is 35.5. The largest absolute Gasteiger partial charge is 0.348 e. The Labute approximate surface area is 184 Å². The van der Waals surface area contributed by atoms with Crippen molar-refractivity contribution in [1.29, 1.82) is 0 Å². The summed E-state index contributed by atoms with van der Waals surface area (Å²) in [5.41, 5.74) is 2.73. The van der Waals surface area contributed by atoms with Gasteiger partial charge in [0.05, 0.1) is 6.54 Å². The first-order valence-corrected chi connectivity index (χ1v) is 11.5. The average Bonchev–Trinajstić information content (AvgIpc) is 3.36. The molecule has 0 aliphatic carbocycles. The van der Waals surface area contributed by atoms with E-state index in [1.807, 2.05) is 44.2 Å². The van der Waals surface area contributed by atoms with Crippen molar-refractivity contribution in [3.63, 3.8) is 0 Å². The predicted octanol–water partition coefficient (Wildman–Crippen LogP) is 3.61. The lowest BCUT2D eigenvalue weighted by Gasteiger charge is -2.19. The van der Waals surface area contributed by atoms with Gasteiger partial charge in [0.25, 0.3) is 5.91 Å². The molecule has 2 fully saturated rings. The molecule has 158 valence electrons. The van der Waals surface area contributed by atoms with Gasteiger partial charge in [-0.1, -0.05) is 23.7 Å². The summed E-state index contributed by atoms with van der Waals surface area (Å²) in [7, 11) is 0. The lowest BCUT2D eigenvalue weighted by Crippen LogP contribution is -2.47. The first-order valence-electron chi connectivity index (χ1n) is 9.97. The Morgan fingerprint density at radius 1 is 1.23 bits per heavy atom. The van der Waals surface area contributed by atoms with Gasteiger partial charge < -0.3 is 9.88 Å². The monoisotopic (exact) mass is 445 g/mol. The molecule has 2 saturated heterocycles.